The lowest BCUT2D eigenvalue weighted by Gasteiger charge is -2.35. The Balaban J connectivity index is 1.82. The van der Waals surface area contributed by atoms with Crippen LogP contribution in [0.1, 0.15) is 57.6 Å². The molecule has 2 rings (SSSR count). The molecule has 0 heterocycles. The predicted octanol–water partition coefficient (Wildman–Crippen LogP) is 2.46. The number of nitrogens with two attached hydrogens (primary N) is 1. The summed E-state index contributed by atoms with van der Waals surface area (Å²) in [5.74, 6) is 0.0780. The van der Waals surface area contributed by atoms with Gasteiger partial charge in [-0.1, -0.05) is 12.1 Å². The summed E-state index contributed by atoms with van der Waals surface area (Å²) in [5, 5.41) is 18.4. The number of halogens is 1. The van der Waals surface area contributed by atoms with Crippen molar-refractivity contribution in [1.29, 1.82) is 0 Å². The zero-order valence-corrected chi connectivity index (χ0v) is 15.7. The first kappa shape index (κ1) is 20.3. The van der Waals surface area contributed by atoms with Gasteiger partial charge in [0.15, 0.2) is 0 Å². The summed E-state index contributed by atoms with van der Waals surface area (Å²) in [6.45, 7) is 4.47. The van der Waals surface area contributed by atoms with E-state index in [1.807, 2.05) is 0 Å². The third kappa shape index (κ3) is 6.33. The Labute approximate surface area is 149 Å². The van der Waals surface area contributed by atoms with Crippen LogP contribution in [0.15, 0.2) is 24.3 Å². The lowest BCUT2D eigenvalue weighted by molar-refractivity contribution is 0.151. The Hall–Kier alpha value is -1.02. The van der Waals surface area contributed by atoms with Gasteiger partial charge in [-0.2, -0.15) is 0 Å². The molecule has 1 aromatic rings. The molecule has 1 aromatic carbocycles. The van der Waals surface area contributed by atoms with Crippen LogP contribution < -0.4 is 10.5 Å². The molecule has 1 saturated carbocycles. The van der Waals surface area contributed by atoms with Crippen LogP contribution in [0.2, 0.25) is 0 Å². The number of primary sulfonamides is 1. The van der Waals surface area contributed by atoms with Crippen LogP contribution in [0.4, 0.5) is 4.39 Å². The van der Waals surface area contributed by atoms with Gasteiger partial charge in [-0.3, -0.25) is 0 Å². The fourth-order valence-electron chi connectivity index (χ4n) is 3.66. The highest BCUT2D eigenvalue weighted by Crippen LogP contribution is 2.33. The summed E-state index contributed by atoms with van der Waals surface area (Å²) in [5.41, 5.74) is 0.352. The van der Waals surface area contributed by atoms with Crippen molar-refractivity contribution in [2.24, 2.45) is 11.1 Å². The number of β-amino-alcohol motifs (C(OH)–C–C–N with tert-alkyl or cyclic N) is 1. The Morgan fingerprint density at radius 3 is 2.52 bits per heavy atom. The average molecular weight is 373 g/mol. The minimum Gasteiger partial charge on any atom is -0.387 e. The van der Waals surface area contributed by atoms with Gasteiger partial charge in [0.2, 0.25) is 10.0 Å². The maximum absolute atomic E-state index is 13.2. The van der Waals surface area contributed by atoms with Crippen molar-refractivity contribution in [3.05, 3.63) is 35.6 Å². The minimum atomic E-state index is -3.43. The van der Waals surface area contributed by atoms with E-state index in [1.54, 1.807) is 12.1 Å². The topological polar surface area (TPSA) is 92.4 Å². The number of sulfonamides is 1. The molecule has 5 nitrogen and oxygen atoms in total. The zero-order chi connectivity index (χ0) is 18.7. The van der Waals surface area contributed by atoms with E-state index >= 15 is 0 Å². The molecule has 0 saturated heterocycles. The number of hydrogen-bond acceptors (Lipinski definition) is 4. The minimum absolute atomic E-state index is 0.201. The first-order valence-corrected chi connectivity index (χ1v) is 10.4. The fourth-order valence-corrected chi connectivity index (χ4v) is 4.59. The first-order valence-electron chi connectivity index (χ1n) is 8.77. The van der Waals surface area contributed by atoms with E-state index in [1.165, 1.54) is 12.1 Å². The van der Waals surface area contributed by atoms with E-state index in [0.717, 1.165) is 19.3 Å². The van der Waals surface area contributed by atoms with Crippen molar-refractivity contribution < 1.29 is 17.9 Å². The molecule has 0 spiro atoms. The predicted molar refractivity (Wildman–Crippen MR) is 96.9 cm³/mol. The summed E-state index contributed by atoms with van der Waals surface area (Å²) < 4.78 is 36.1. The van der Waals surface area contributed by atoms with Gasteiger partial charge in [0.25, 0.3) is 0 Å². The highest BCUT2D eigenvalue weighted by molar-refractivity contribution is 7.89. The van der Waals surface area contributed by atoms with Gasteiger partial charge < -0.3 is 10.4 Å². The monoisotopic (exact) mass is 372 g/mol. The number of aliphatic hydroxyl groups is 1. The van der Waals surface area contributed by atoms with Gasteiger partial charge in [0.05, 0.1) is 11.4 Å². The van der Waals surface area contributed by atoms with Crippen molar-refractivity contribution in [2.75, 3.05) is 6.54 Å². The van der Waals surface area contributed by atoms with Crippen LogP contribution in [-0.4, -0.2) is 30.9 Å². The molecule has 1 atom stereocenters. The van der Waals surface area contributed by atoms with E-state index in [9.17, 15) is 17.9 Å². The number of hydrogen-bond donors (Lipinski definition) is 3. The molecule has 1 fully saturated rings. The number of rotatable bonds is 7. The molecule has 1 aliphatic rings. The van der Waals surface area contributed by atoms with Crippen molar-refractivity contribution >= 4 is 10.0 Å². The smallest absolute Gasteiger partial charge is 0.211 e. The molecule has 7 heteroatoms. The first-order chi connectivity index (χ1) is 11.6. The van der Waals surface area contributed by atoms with Gasteiger partial charge in [0.1, 0.15) is 5.82 Å². The Bertz CT molecular complexity index is 671. The van der Waals surface area contributed by atoms with Crippen molar-refractivity contribution in [1.82, 2.24) is 5.32 Å². The largest absolute Gasteiger partial charge is 0.387 e. The molecule has 4 N–H and O–H groups in total. The molecule has 1 aliphatic carbocycles. The molecule has 142 valence electrons. The van der Waals surface area contributed by atoms with Gasteiger partial charge in [0, 0.05) is 12.1 Å². The summed E-state index contributed by atoms with van der Waals surface area (Å²) in [6, 6.07) is 5.99. The summed E-state index contributed by atoms with van der Waals surface area (Å²) in [4.78, 5) is 0. The normalized spacial score (nSPS) is 23.4. The highest BCUT2D eigenvalue weighted by Gasteiger charge is 2.31. The standard InChI is InChI=1S/C18H29FN2O3S/c1-18(2,11-13-6-8-16(9-7-13)25(20,23)24)21-12-17(22)14-4-3-5-15(19)10-14/h3-5,10,13,16-17,21-22H,6-9,11-12H2,1-2H3,(H2,20,23,24)/t13-,16-,17-/m0/s1. The molecule has 0 aliphatic heterocycles. The van der Waals surface area contributed by atoms with E-state index in [0.29, 0.717) is 30.9 Å². The van der Waals surface area contributed by atoms with Crippen LogP contribution in [-0.2, 0) is 10.0 Å². The summed E-state index contributed by atoms with van der Waals surface area (Å²) >= 11 is 0. The summed E-state index contributed by atoms with van der Waals surface area (Å²) in [6.07, 6.45) is 3.04. The van der Waals surface area contributed by atoms with Gasteiger partial charge in [-0.15, -0.1) is 0 Å². The summed E-state index contributed by atoms with van der Waals surface area (Å²) in [7, 11) is -3.43. The lowest BCUT2D eigenvalue weighted by Crippen LogP contribution is -2.44. The number of nitrogens with one attached hydrogen (secondary N) is 1. The van der Waals surface area contributed by atoms with Crippen LogP contribution in [0.5, 0.6) is 0 Å². The quantitative estimate of drug-likeness (QED) is 0.685. The second kappa shape index (κ2) is 8.12. The van der Waals surface area contributed by atoms with Crippen molar-refractivity contribution in [2.45, 2.75) is 62.8 Å². The van der Waals surface area contributed by atoms with E-state index < -0.39 is 21.4 Å². The van der Waals surface area contributed by atoms with Crippen LogP contribution in [0.25, 0.3) is 0 Å². The van der Waals surface area contributed by atoms with E-state index in [4.69, 9.17) is 5.14 Å². The number of benzene rings is 1. The Kier molecular flexibility index (Phi) is 6.59. The maximum Gasteiger partial charge on any atom is 0.211 e. The number of aliphatic hydroxyl groups excluding tert-OH is 1. The molecular formula is C18H29FN2O3S. The van der Waals surface area contributed by atoms with Crippen LogP contribution in [0.3, 0.4) is 0 Å². The third-order valence-electron chi connectivity index (χ3n) is 5.06. The Morgan fingerprint density at radius 2 is 1.96 bits per heavy atom. The van der Waals surface area contributed by atoms with E-state index in [-0.39, 0.29) is 11.4 Å². The van der Waals surface area contributed by atoms with Crippen molar-refractivity contribution in [3.63, 3.8) is 0 Å². The zero-order valence-electron chi connectivity index (χ0n) is 14.9. The van der Waals surface area contributed by atoms with Crippen LogP contribution >= 0.6 is 0 Å². The molecule has 0 unspecified atom stereocenters. The molecule has 0 bridgehead atoms. The van der Waals surface area contributed by atoms with E-state index in [2.05, 4.69) is 19.2 Å². The molecule has 0 aromatic heterocycles. The highest BCUT2D eigenvalue weighted by atomic mass is 32.2. The van der Waals surface area contributed by atoms with Gasteiger partial charge >= 0.3 is 0 Å². The van der Waals surface area contributed by atoms with Gasteiger partial charge in [-0.25, -0.2) is 17.9 Å². The maximum atomic E-state index is 13.2. The second-order valence-corrected chi connectivity index (χ2v) is 9.62. The lowest BCUT2D eigenvalue weighted by atomic mass is 9.80. The second-order valence-electron chi connectivity index (χ2n) is 7.77. The Morgan fingerprint density at radius 1 is 1.32 bits per heavy atom. The van der Waals surface area contributed by atoms with Crippen molar-refractivity contribution in [3.8, 4) is 0 Å². The molecule has 0 amide bonds. The van der Waals surface area contributed by atoms with Gasteiger partial charge in [-0.05, 0) is 69.6 Å². The average Bonchev–Trinajstić information content (AvgIpc) is 2.52. The molecular weight excluding hydrogens is 343 g/mol. The fraction of sp³-hybridized carbons (Fsp3) is 0.667. The van der Waals surface area contributed by atoms with Crippen LogP contribution in [0, 0.1) is 11.7 Å². The molecule has 25 heavy (non-hydrogen) atoms. The molecule has 0 radical (unpaired) electrons. The SMILES string of the molecule is CC(C)(C[C@H]1CC[C@H](S(N)(=O)=O)CC1)NC[C@H](O)c1cccc(F)c1. The third-order valence-corrected chi connectivity index (χ3v) is 6.47.